The average Bonchev–Trinajstić information content (AvgIpc) is 3.12. The molecule has 7 nitrogen and oxygen atoms in total. The van der Waals surface area contributed by atoms with E-state index in [9.17, 15) is 9.59 Å². The molecule has 108 valence electrons. The maximum Gasteiger partial charge on any atom is 0.267 e. The van der Waals surface area contributed by atoms with Crippen molar-refractivity contribution >= 4 is 23.3 Å². The fourth-order valence-electron chi connectivity index (χ4n) is 2.98. The summed E-state index contributed by atoms with van der Waals surface area (Å²) in [6, 6.07) is -0.0219. The van der Waals surface area contributed by atoms with E-state index in [1.807, 2.05) is 0 Å². The second-order valence-electron chi connectivity index (χ2n) is 5.06. The Morgan fingerprint density at radius 1 is 1.50 bits per heavy atom. The molecule has 3 rings (SSSR count). The molecular weight excluding hydrogens is 280 g/mol. The summed E-state index contributed by atoms with van der Waals surface area (Å²) in [5.74, 6) is -0.460. The highest BCUT2D eigenvalue weighted by Crippen LogP contribution is 2.35. The first-order valence-electron chi connectivity index (χ1n) is 6.56. The molecule has 2 amide bonds. The molecule has 0 radical (unpaired) electrons. The Balaban J connectivity index is 1.85. The molecule has 2 saturated heterocycles. The van der Waals surface area contributed by atoms with E-state index in [0.29, 0.717) is 23.7 Å². The molecule has 2 aliphatic rings. The number of likely N-dealkylation sites (tertiary alicyclic amines) is 1. The predicted octanol–water partition coefficient (Wildman–Crippen LogP) is -0.178. The Morgan fingerprint density at radius 3 is 2.95 bits per heavy atom. The number of aromatic nitrogens is 2. The highest BCUT2D eigenvalue weighted by Gasteiger charge is 2.50. The third-order valence-corrected chi connectivity index (χ3v) is 4.80. The number of hydrogen-bond acceptors (Lipinski definition) is 6. The maximum atomic E-state index is 12.6. The van der Waals surface area contributed by atoms with Gasteiger partial charge in [0.2, 0.25) is 5.91 Å². The zero-order valence-electron chi connectivity index (χ0n) is 11.3. The van der Waals surface area contributed by atoms with Crippen molar-refractivity contribution in [1.29, 1.82) is 0 Å². The zero-order valence-corrected chi connectivity index (χ0v) is 12.1. The topological polar surface area (TPSA) is 84.4 Å². The molecule has 20 heavy (non-hydrogen) atoms. The Morgan fingerprint density at radius 2 is 2.30 bits per heavy atom. The standard InChI is InChI=1S/C12H16N4O3S/c1-6-10(20-15-14-6)12(18)16-5-7(11(17)13-2)9-8(16)3-4-19-9/h7-9H,3-5H2,1-2H3,(H,13,17)/t7-,8+,9+/m0/s1. The van der Waals surface area contributed by atoms with Gasteiger partial charge in [-0.3, -0.25) is 9.59 Å². The highest BCUT2D eigenvalue weighted by molar-refractivity contribution is 7.07. The Kier molecular flexibility index (Phi) is 3.43. The number of nitrogens with zero attached hydrogens (tertiary/aromatic N) is 3. The zero-order chi connectivity index (χ0) is 14.3. The van der Waals surface area contributed by atoms with Crippen molar-refractivity contribution < 1.29 is 14.3 Å². The van der Waals surface area contributed by atoms with Gasteiger partial charge in [-0.1, -0.05) is 4.49 Å². The second kappa shape index (κ2) is 5.10. The monoisotopic (exact) mass is 296 g/mol. The van der Waals surface area contributed by atoms with Gasteiger partial charge in [0.1, 0.15) is 4.88 Å². The molecule has 0 aromatic carbocycles. The molecule has 3 atom stereocenters. The van der Waals surface area contributed by atoms with E-state index in [1.54, 1.807) is 18.9 Å². The largest absolute Gasteiger partial charge is 0.375 e. The molecule has 1 N–H and O–H groups in total. The molecule has 0 saturated carbocycles. The van der Waals surface area contributed by atoms with E-state index in [-0.39, 0.29) is 29.9 Å². The average molecular weight is 296 g/mol. The lowest BCUT2D eigenvalue weighted by atomic mass is 10.0. The highest BCUT2D eigenvalue weighted by atomic mass is 32.1. The van der Waals surface area contributed by atoms with Crippen molar-refractivity contribution in [3.8, 4) is 0 Å². The van der Waals surface area contributed by atoms with Crippen LogP contribution in [0.15, 0.2) is 0 Å². The van der Waals surface area contributed by atoms with E-state index in [4.69, 9.17) is 4.74 Å². The maximum absolute atomic E-state index is 12.6. The molecule has 2 fully saturated rings. The minimum Gasteiger partial charge on any atom is -0.375 e. The summed E-state index contributed by atoms with van der Waals surface area (Å²) in [4.78, 5) is 26.8. The van der Waals surface area contributed by atoms with Crippen molar-refractivity contribution in [2.45, 2.75) is 25.5 Å². The Hall–Kier alpha value is -1.54. The molecule has 0 bridgehead atoms. The van der Waals surface area contributed by atoms with Crippen LogP contribution >= 0.6 is 11.5 Å². The van der Waals surface area contributed by atoms with Crippen molar-refractivity contribution in [2.75, 3.05) is 20.2 Å². The van der Waals surface area contributed by atoms with Crippen LogP contribution in [0.1, 0.15) is 21.8 Å². The lowest BCUT2D eigenvalue weighted by molar-refractivity contribution is -0.127. The fraction of sp³-hybridized carbons (Fsp3) is 0.667. The van der Waals surface area contributed by atoms with Gasteiger partial charge in [-0.2, -0.15) is 0 Å². The summed E-state index contributed by atoms with van der Waals surface area (Å²) >= 11 is 1.10. The number of fused-ring (bicyclic) bond motifs is 1. The summed E-state index contributed by atoms with van der Waals surface area (Å²) in [5, 5.41) is 6.52. The van der Waals surface area contributed by atoms with E-state index >= 15 is 0 Å². The van der Waals surface area contributed by atoms with E-state index in [2.05, 4.69) is 14.9 Å². The molecule has 3 heterocycles. The van der Waals surface area contributed by atoms with Crippen LogP contribution in [0.5, 0.6) is 0 Å². The lowest BCUT2D eigenvalue weighted by Gasteiger charge is -2.21. The first kappa shape index (κ1) is 13.4. The SMILES string of the molecule is CNC(=O)[C@H]1CN(C(=O)c2snnc2C)[C@@H]2CCO[C@H]12. The van der Waals surface area contributed by atoms with Gasteiger partial charge >= 0.3 is 0 Å². The van der Waals surface area contributed by atoms with Gasteiger partial charge in [0.15, 0.2) is 0 Å². The molecule has 0 aliphatic carbocycles. The second-order valence-corrected chi connectivity index (χ2v) is 5.81. The third kappa shape index (κ3) is 1.99. The number of amides is 2. The smallest absolute Gasteiger partial charge is 0.267 e. The summed E-state index contributed by atoms with van der Waals surface area (Å²) in [6.07, 6.45) is 0.579. The van der Waals surface area contributed by atoms with Crippen molar-refractivity contribution in [3.63, 3.8) is 0 Å². The summed E-state index contributed by atoms with van der Waals surface area (Å²) in [7, 11) is 1.61. The van der Waals surface area contributed by atoms with Crippen molar-refractivity contribution in [3.05, 3.63) is 10.6 Å². The van der Waals surface area contributed by atoms with Gasteiger partial charge in [0.05, 0.1) is 23.8 Å². The number of ether oxygens (including phenoxy) is 1. The van der Waals surface area contributed by atoms with Crippen molar-refractivity contribution in [1.82, 2.24) is 19.8 Å². The first-order valence-corrected chi connectivity index (χ1v) is 7.34. The number of aryl methyl sites for hydroxylation is 1. The van der Waals surface area contributed by atoms with Gasteiger partial charge < -0.3 is 15.0 Å². The van der Waals surface area contributed by atoms with Crippen LogP contribution in [0.3, 0.4) is 0 Å². The van der Waals surface area contributed by atoms with Gasteiger partial charge in [0.25, 0.3) is 5.91 Å². The van der Waals surface area contributed by atoms with Gasteiger partial charge in [0, 0.05) is 20.2 Å². The third-order valence-electron chi connectivity index (χ3n) is 3.98. The summed E-state index contributed by atoms with van der Waals surface area (Å²) < 4.78 is 9.46. The number of carbonyl (C=O) groups excluding carboxylic acids is 2. The van der Waals surface area contributed by atoms with Gasteiger partial charge in [-0.15, -0.1) is 5.10 Å². The first-order chi connectivity index (χ1) is 9.63. The van der Waals surface area contributed by atoms with Crippen LogP contribution in [0, 0.1) is 12.8 Å². The van der Waals surface area contributed by atoms with Crippen molar-refractivity contribution in [2.24, 2.45) is 5.92 Å². The molecule has 1 aromatic rings. The normalized spacial score (nSPS) is 28.5. The lowest BCUT2D eigenvalue weighted by Crippen LogP contribution is -2.37. The van der Waals surface area contributed by atoms with Crippen LogP contribution < -0.4 is 5.32 Å². The van der Waals surface area contributed by atoms with Crippen LogP contribution in [0.2, 0.25) is 0 Å². The van der Waals surface area contributed by atoms with Crippen LogP contribution in [-0.2, 0) is 9.53 Å². The predicted molar refractivity (Wildman–Crippen MR) is 71.4 cm³/mol. The minimum absolute atomic E-state index is 0.0219. The Bertz CT molecular complexity index is 547. The molecule has 0 unspecified atom stereocenters. The summed E-state index contributed by atoms with van der Waals surface area (Å²) in [6.45, 7) is 2.75. The van der Waals surface area contributed by atoms with Crippen LogP contribution in [0.25, 0.3) is 0 Å². The fourth-order valence-corrected chi connectivity index (χ4v) is 3.59. The number of hydrogen-bond donors (Lipinski definition) is 1. The number of rotatable bonds is 2. The molecule has 8 heteroatoms. The molecule has 1 aromatic heterocycles. The van der Waals surface area contributed by atoms with Gasteiger partial charge in [-0.05, 0) is 24.9 Å². The van der Waals surface area contributed by atoms with Crippen LogP contribution in [-0.4, -0.2) is 58.6 Å². The molecule has 0 spiro atoms. The number of carbonyl (C=O) groups is 2. The molecule has 2 aliphatic heterocycles. The molecular formula is C12H16N4O3S. The number of nitrogens with one attached hydrogen (secondary N) is 1. The van der Waals surface area contributed by atoms with Crippen LogP contribution in [0.4, 0.5) is 0 Å². The van der Waals surface area contributed by atoms with E-state index < -0.39 is 0 Å². The van der Waals surface area contributed by atoms with E-state index in [1.165, 1.54) is 0 Å². The van der Waals surface area contributed by atoms with Gasteiger partial charge in [-0.25, -0.2) is 0 Å². The quantitative estimate of drug-likeness (QED) is 0.818. The van der Waals surface area contributed by atoms with E-state index in [0.717, 1.165) is 18.0 Å². The summed E-state index contributed by atoms with van der Waals surface area (Å²) in [5.41, 5.74) is 0.638. The Labute approximate surface area is 120 Å². The minimum atomic E-state index is -0.294.